The summed E-state index contributed by atoms with van der Waals surface area (Å²) in [6, 6.07) is 5.73. The molecule has 0 fully saturated rings. The zero-order valence-corrected chi connectivity index (χ0v) is 13.9. The van der Waals surface area contributed by atoms with Crippen LogP contribution in [0.1, 0.15) is 17.2 Å². The summed E-state index contributed by atoms with van der Waals surface area (Å²) in [6.45, 7) is 0. The van der Waals surface area contributed by atoms with Gasteiger partial charge in [0.1, 0.15) is 29.6 Å². The van der Waals surface area contributed by atoms with E-state index in [-0.39, 0.29) is 39.0 Å². The van der Waals surface area contributed by atoms with Crippen molar-refractivity contribution in [3.63, 3.8) is 0 Å². The van der Waals surface area contributed by atoms with Crippen molar-refractivity contribution >= 4 is 23.4 Å². The summed E-state index contributed by atoms with van der Waals surface area (Å²) in [7, 11) is 0. The lowest BCUT2D eigenvalue weighted by atomic mass is 10.1. The van der Waals surface area contributed by atoms with Gasteiger partial charge < -0.3 is 9.84 Å². The maximum atomic E-state index is 13.9. The number of ether oxygens (including phenoxy) is 1. The third-order valence-electron chi connectivity index (χ3n) is 3.60. The van der Waals surface area contributed by atoms with E-state index < -0.39 is 35.4 Å². The summed E-state index contributed by atoms with van der Waals surface area (Å²) in [5.74, 6) is -0.602. The molecule has 25 heavy (non-hydrogen) atoms. The minimum absolute atomic E-state index is 0.0141. The zero-order valence-electron chi connectivity index (χ0n) is 12.3. The van der Waals surface area contributed by atoms with E-state index in [1.54, 1.807) is 0 Å². The minimum Gasteiger partial charge on any atom is -0.457 e. The fourth-order valence-corrected chi connectivity index (χ4v) is 3.62. The number of alkyl halides is 4. The molecule has 0 unspecified atom stereocenters. The van der Waals surface area contributed by atoms with Crippen molar-refractivity contribution in [1.82, 2.24) is 0 Å². The van der Waals surface area contributed by atoms with Gasteiger partial charge in [-0.1, -0.05) is 11.6 Å². The predicted octanol–water partition coefficient (Wildman–Crippen LogP) is 5.81. The fraction of sp³-hybridized carbons (Fsp3) is 0.250. The lowest BCUT2D eigenvalue weighted by molar-refractivity contribution is -0.0329. The van der Waals surface area contributed by atoms with Crippen molar-refractivity contribution in [3.8, 4) is 11.5 Å². The van der Waals surface area contributed by atoms with Gasteiger partial charge in [-0.25, -0.2) is 8.78 Å². The molecule has 0 spiro atoms. The van der Waals surface area contributed by atoms with Crippen LogP contribution in [-0.4, -0.2) is 16.8 Å². The first-order valence-corrected chi connectivity index (χ1v) is 8.21. The van der Waals surface area contributed by atoms with Crippen LogP contribution in [0.4, 0.5) is 22.0 Å². The molecular weight excluding hydrogens is 387 g/mol. The first-order valence-electron chi connectivity index (χ1n) is 7.01. The number of fused-ring (bicyclic) bond motifs is 1. The van der Waals surface area contributed by atoms with E-state index in [1.165, 1.54) is 12.1 Å². The lowest BCUT2D eigenvalue weighted by Gasteiger charge is -2.16. The lowest BCUT2D eigenvalue weighted by Crippen LogP contribution is -2.08. The molecule has 0 aromatic heterocycles. The molecule has 0 heterocycles. The molecule has 134 valence electrons. The van der Waals surface area contributed by atoms with Crippen molar-refractivity contribution in [2.75, 3.05) is 0 Å². The van der Waals surface area contributed by atoms with E-state index >= 15 is 0 Å². The van der Waals surface area contributed by atoms with Crippen LogP contribution >= 0.6 is 23.4 Å². The Bertz CT molecular complexity index is 792. The second kappa shape index (κ2) is 6.66. The van der Waals surface area contributed by atoms with Crippen molar-refractivity contribution in [1.29, 1.82) is 0 Å². The number of thioether (sulfide) groups is 1. The second-order valence-corrected chi connectivity index (χ2v) is 6.92. The molecule has 0 radical (unpaired) electrons. The zero-order chi connectivity index (χ0) is 18.4. The highest BCUT2D eigenvalue weighted by molar-refractivity contribution is 8.00. The summed E-state index contributed by atoms with van der Waals surface area (Å²) in [6.07, 6.45) is -3.73. The average Bonchev–Trinajstić information content (AvgIpc) is 2.76. The number of rotatable bonds is 3. The van der Waals surface area contributed by atoms with Crippen LogP contribution in [0.3, 0.4) is 0 Å². The fourth-order valence-electron chi connectivity index (χ4n) is 2.67. The van der Waals surface area contributed by atoms with Gasteiger partial charge in [-0.15, -0.1) is 0 Å². The molecule has 2 aromatic rings. The van der Waals surface area contributed by atoms with Crippen LogP contribution in [0.2, 0.25) is 5.02 Å². The molecule has 0 saturated heterocycles. The molecule has 2 nitrogen and oxygen atoms in total. The van der Waals surface area contributed by atoms with Crippen LogP contribution in [0.15, 0.2) is 35.2 Å². The highest BCUT2D eigenvalue weighted by Gasteiger charge is 2.39. The Hall–Kier alpha value is -1.51. The van der Waals surface area contributed by atoms with Gasteiger partial charge in [0.15, 0.2) is 0 Å². The van der Waals surface area contributed by atoms with Crippen LogP contribution in [-0.2, 0) is 6.42 Å². The summed E-state index contributed by atoms with van der Waals surface area (Å²) < 4.78 is 70.8. The molecule has 1 N–H and O–H groups in total. The van der Waals surface area contributed by atoms with Gasteiger partial charge in [-0.3, -0.25) is 0 Å². The van der Waals surface area contributed by atoms with Crippen molar-refractivity contribution < 1.29 is 31.8 Å². The number of aliphatic hydroxyl groups is 1. The van der Waals surface area contributed by atoms with Gasteiger partial charge in [0.25, 0.3) is 0 Å². The van der Waals surface area contributed by atoms with Crippen LogP contribution in [0.25, 0.3) is 0 Å². The number of benzene rings is 2. The van der Waals surface area contributed by atoms with Gasteiger partial charge in [-0.05, 0) is 36.0 Å². The van der Waals surface area contributed by atoms with Gasteiger partial charge in [0.05, 0.1) is 0 Å². The SMILES string of the molecule is O[C@H]1c2c(SC(F)(F)F)ccc(Oc3cc(F)cc(Cl)c3)c2C[C@H]1F. The van der Waals surface area contributed by atoms with Gasteiger partial charge >= 0.3 is 5.51 Å². The van der Waals surface area contributed by atoms with E-state index in [1.807, 2.05) is 0 Å². The molecule has 0 saturated carbocycles. The quantitative estimate of drug-likeness (QED) is 0.524. The highest BCUT2D eigenvalue weighted by Crippen LogP contribution is 2.48. The van der Waals surface area contributed by atoms with Crippen LogP contribution < -0.4 is 4.74 Å². The standard InChI is InChI=1S/C16H10ClF5O2S/c17-7-3-8(18)5-9(4-7)24-12-1-2-13(25-16(20,21)22)14-10(12)6-11(19)15(14)23/h1-5,11,15,23H,6H2/t11-,15-/m1/s1. The molecule has 2 aromatic carbocycles. The molecule has 0 amide bonds. The maximum Gasteiger partial charge on any atom is 0.446 e. The topological polar surface area (TPSA) is 29.5 Å². The Morgan fingerprint density at radius 2 is 1.92 bits per heavy atom. The van der Waals surface area contributed by atoms with Gasteiger partial charge in [0.2, 0.25) is 0 Å². The maximum absolute atomic E-state index is 13.9. The normalized spacial score (nSPS) is 19.8. The van der Waals surface area contributed by atoms with Crippen LogP contribution in [0, 0.1) is 5.82 Å². The smallest absolute Gasteiger partial charge is 0.446 e. The van der Waals surface area contributed by atoms with E-state index in [4.69, 9.17) is 16.3 Å². The van der Waals surface area contributed by atoms with Crippen LogP contribution in [0.5, 0.6) is 11.5 Å². The molecule has 0 aliphatic heterocycles. The summed E-state index contributed by atoms with van der Waals surface area (Å²) in [5.41, 5.74) is -4.62. The van der Waals surface area contributed by atoms with Crippen molar-refractivity contribution in [3.05, 3.63) is 52.3 Å². The Morgan fingerprint density at radius 1 is 1.20 bits per heavy atom. The number of halogens is 6. The predicted molar refractivity (Wildman–Crippen MR) is 83.4 cm³/mol. The minimum atomic E-state index is -4.58. The molecule has 9 heteroatoms. The molecule has 3 rings (SSSR count). The van der Waals surface area contributed by atoms with Crippen molar-refractivity contribution in [2.45, 2.75) is 29.1 Å². The van der Waals surface area contributed by atoms with Gasteiger partial charge in [0, 0.05) is 33.5 Å². The number of hydrogen-bond donors (Lipinski definition) is 1. The summed E-state index contributed by atoms with van der Waals surface area (Å²) >= 11 is 5.30. The Kier molecular flexibility index (Phi) is 4.87. The number of hydrogen-bond acceptors (Lipinski definition) is 3. The Morgan fingerprint density at radius 3 is 2.56 bits per heavy atom. The summed E-state index contributed by atoms with van der Waals surface area (Å²) in [5, 5.41) is 9.98. The molecule has 0 bridgehead atoms. The van der Waals surface area contributed by atoms with E-state index in [2.05, 4.69) is 0 Å². The largest absolute Gasteiger partial charge is 0.457 e. The third kappa shape index (κ3) is 4.02. The molecular formula is C16H10ClF5O2S. The van der Waals surface area contributed by atoms with Crippen molar-refractivity contribution in [2.24, 2.45) is 0 Å². The number of aliphatic hydroxyl groups excluding tert-OH is 1. The van der Waals surface area contributed by atoms with E-state index in [0.29, 0.717) is 0 Å². The molecule has 2 atom stereocenters. The molecule has 1 aliphatic rings. The monoisotopic (exact) mass is 396 g/mol. The van der Waals surface area contributed by atoms with E-state index in [0.717, 1.165) is 18.2 Å². The Balaban J connectivity index is 2.02. The Labute approximate surface area is 148 Å². The van der Waals surface area contributed by atoms with E-state index in [9.17, 15) is 27.1 Å². The summed E-state index contributed by atoms with van der Waals surface area (Å²) in [4.78, 5) is -0.292. The molecule has 1 aliphatic carbocycles. The van der Waals surface area contributed by atoms with Gasteiger partial charge in [-0.2, -0.15) is 13.2 Å². The third-order valence-corrected chi connectivity index (χ3v) is 4.63. The first-order chi connectivity index (χ1) is 11.6. The second-order valence-electron chi connectivity index (χ2n) is 5.37. The average molecular weight is 397 g/mol. The highest BCUT2D eigenvalue weighted by atomic mass is 35.5. The first kappa shape index (κ1) is 18.3.